The lowest BCUT2D eigenvalue weighted by Crippen LogP contribution is -2.16. The van der Waals surface area contributed by atoms with Crippen molar-refractivity contribution in [2.75, 3.05) is 5.73 Å². The van der Waals surface area contributed by atoms with Crippen LogP contribution in [-0.4, -0.2) is 28.7 Å². The standard InChI is InChI=1S/C16H11Cl2N3O4S/c17-10-3-1-9(2-4-10)15-13(18)14(16(22)23)20-21(15)26(24,25)12-7-5-11(19)6-8-12/h1-8H,19H2,(H,22,23). The summed E-state index contributed by atoms with van der Waals surface area (Å²) >= 11 is 12.0. The first-order chi connectivity index (χ1) is 12.2. The molecule has 3 rings (SSSR count). The summed E-state index contributed by atoms with van der Waals surface area (Å²) in [6.07, 6.45) is 0. The normalized spacial score (nSPS) is 11.5. The van der Waals surface area contributed by atoms with Crippen molar-refractivity contribution < 1.29 is 18.3 Å². The molecule has 3 N–H and O–H groups in total. The fourth-order valence-electron chi connectivity index (χ4n) is 2.28. The lowest BCUT2D eigenvalue weighted by molar-refractivity contribution is 0.0690. The highest BCUT2D eigenvalue weighted by Crippen LogP contribution is 2.34. The summed E-state index contributed by atoms with van der Waals surface area (Å²) in [6.45, 7) is 0. The first-order valence-corrected chi connectivity index (χ1v) is 9.30. The van der Waals surface area contributed by atoms with E-state index in [-0.39, 0.29) is 15.6 Å². The van der Waals surface area contributed by atoms with Gasteiger partial charge in [-0.05, 0) is 36.4 Å². The Morgan fingerprint density at radius 2 is 1.62 bits per heavy atom. The monoisotopic (exact) mass is 411 g/mol. The predicted molar refractivity (Wildman–Crippen MR) is 98.1 cm³/mol. The Kier molecular flexibility index (Phi) is 4.66. The number of carboxylic acid groups (broad SMARTS) is 1. The minimum absolute atomic E-state index is 0.0717. The first-order valence-electron chi connectivity index (χ1n) is 7.10. The van der Waals surface area contributed by atoms with Crippen LogP contribution in [0, 0.1) is 0 Å². The smallest absolute Gasteiger partial charge is 0.358 e. The van der Waals surface area contributed by atoms with E-state index in [9.17, 15) is 18.3 Å². The highest BCUT2D eigenvalue weighted by molar-refractivity contribution is 7.90. The Morgan fingerprint density at radius 1 is 1.04 bits per heavy atom. The van der Waals surface area contributed by atoms with Crippen molar-refractivity contribution in [3.63, 3.8) is 0 Å². The topological polar surface area (TPSA) is 115 Å². The van der Waals surface area contributed by atoms with Crippen molar-refractivity contribution in [3.05, 3.63) is 64.3 Å². The largest absolute Gasteiger partial charge is 0.476 e. The van der Waals surface area contributed by atoms with Gasteiger partial charge in [-0.3, -0.25) is 0 Å². The molecule has 0 bridgehead atoms. The summed E-state index contributed by atoms with van der Waals surface area (Å²) in [6, 6.07) is 11.5. The van der Waals surface area contributed by atoms with Crippen molar-refractivity contribution >= 4 is 44.9 Å². The molecule has 2 aromatic carbocycles. The van der Waals surface area contributed by atoms with Crippen molar-refractivity contribution in [2.24, 2.45) is 0 Å². The molecule has 3 aromatic rings. The highest BCUT2D eigenvalue weighted by Gasteiger charge is 2.29. The molecule has 0 atom stereocenters. The fourth-order valence-corrected chi connectivity index (χ4v) is 4.07. The van der Waals surface area contributed by atoms with Gasteiger partial charge in [-0.2, -0.15) is 12.5 Å². The molecule has 0 aliphatic rings. The van der Waals surface area contributed by atoms with Gasteiger partial charge in [-0.1, -0.05) is 35.3 Å². The van der Waals surface area contributed by atoms with Gasteiger partial charge >= 0.3 is 5.97 Å². The van der Waals surface area contributed by atoms with Gasteiger partial charge in [0.25, 0.3) is 10.0 Å². The van der Waals surface area contributed by atoms with E-state index in [1.165, 1.54) is 48.5 Å². The maximum Gasteiger partial charge on any atom is 0.358 e. The SMILES string of the molecule is Nc1ccc(S(=O)(=O)n2nc(C(=O)O)c(Cl)c2-c2ccc(Cl)cc2)cc1. The molecule has 0 unspecified atom stereocenters. The zero-order valence-electron chi connectivity index (χ0n) is 12.9. The second kappa shape index (κ2) is 6.64. The number of aromatic nitrogens is 2. The molecule has 1 aromatic heterocycles. The van der Waals surface area contributed by atoms with Crippen LogP contribution in [0.1, 0.15) is 10.5 Å². The summed E-state index contributed by atoms with van der Waals surface area (Å²) in [5, 5.41) is 13.1. The minimum Gasteiger partial charge on any atom is -0.476 e. The first kappa shape index (κ1) is 18.2. The second-order valence-corrected chi connectivity index (χ2v) is 7.82. The molecule has 0 fully saturated rings. The maximum atomic E-state index is 13.0. The van der Waals surface area contributed by atoms with Crippen LogP contribution in [0.2, 0.25) is 10.0 Å². The third-order valence-corrected chi connectivity index (χ3v) is 5.72. The van der Waals surface area contributed by atoms with Crippen LogP contribution >= 0.6 is 23.2 Å². The number of nitrogen functional groups attached to an aromatic ring is 1. The number of anilines is 1. The number of nitrogens with zero attached hydrogens (tertiary/aromatic N) is 2. The number of hydrogen-bond acceptors (Lipinski definition) is 5. The van der Waals surface area contributed by atoms with Crippen molar-refractivity contribution in [2.45, 2.75) is 4.90 Å². The second-order valence-electron chi connectivity index (χ2n) is 5.24. The Labute approximate surface area is 158 Å². The van der Waals surface area contributed by atoms with E-state index in [0.29, 0.717) is 20.4 Å². The summed E-state index contributed by atoms with van der Waals surface area (Å²) in [5.74, 6) is -1.45. The molecule has 134 valence electrons. The van der Waals surface area contributed by atoms with E-state index in [1.54, 1.807) is 0 Å². The van der Waals surface area contributed by atoms with Gasteiger partial charge in [0.15, 0.2) is 5.69 Å². The molecule has 0 aliphatic carbocycles. The van der Waals surface area contributed by atoms with Crippen LogP contribution < -0.4 is 5.73 Å². The quantitative estimate of drug-likeness (QED) is 0.635. The number of carbonyl (C=O) groups is 1. The molecular weight excluding hydrogens is 401 g/mol. The van der Waals surface area contributed by atoms with Crippen LogP contribution in [0.25, 0.3) is 11.3 Å². The molecule has 7 nitrogen and oxygen atoms in total. The van der Waals surface area contributed by atoms with E-state index in [2.05, 4.69) is 5.10 Å². The third-order valence-electron chi connectivity index (χ3n) is 3.52. The number of carboxylic acids is 1. The summed E-state index contributed by atoms with van der Waals surface area (Å²) in [4.78, 5) is 11.3. The van der Waals surface area contributed by atoms with Gasteiger partial charge in [-0.25, -0.2) is 4.79 Å². The Hall–Kier alpha value is -2.55. The summed E-state index contributed by atoms with van der Waals surface area (Å²) < 4.78 is 26.6. The lowest BCUT2D eigenvalue weighted by Gasteiger charge is -2.09. The molecule has 0 saturated carbocycles. The molecule has 26 heavy (non-hydrogen) atoms. The molecular formula is C16H11Cl2N3O4S. The summed E-state index contributed by atoms with van der Waals surface area (Å²) in [7, 11) is -4.21. The van der Waals surface area contributed by atoms with Gasteiger partial charge in [0, 0.05) is 16.3 Å². The van der Waals surface area contributed by atoms with Crippen molar-refractivity contribution in [1.29, 1.82) is 0 Å². The Balaban J connectivity index is 2.29. The lowest BCUT2D eigenvalue weighted by atomic mass is 10.1. The van der Waals surface area contributed by atoms with Crippen LogP contribution in [0.4, 0.5) is 5.69 Å². The minimum atomic E-state index is -4.21. The van der Waals surface area contributed by atoms with Gasteiger partial charge < -0.3 is 10.8 Å². The number of nitrogens with two attached hydrogens (primary N) is 1. The van der Waals surface area contributed by atoms with Gasteiger partial charge in [-0.15, -0.1) is 5.10 Å². The van der Waals surface area contributed by atoms with E-state index in [4.69, 9.17) is 28.9 Å². The molecule has 10 heteroatoms. The average molecular weight is 412 g/mol. The molecule has 1 heterocycles. The number of hydrogen-bond donors (Lipinski definition) is 2. The van der Waals surface area contributed by atoms with Crippen LogP contribution in [0.3, 0.4) is 0 Å². The van der Waals surface area contributed by atoms with Crippen molar-refractivity contribution in [1.82, 2.24) is 9.19 Å². The van der Waals surface area contributed by atoms with E-state index >= 15 is 0 Å². The highest BCUT2D eigenvalue weighted by atomic mass is 35.5. The molecule has 0 amide bonds. The third kappa shape index (κ3) is 3.14. The van der Waals surface area contributed by atoms with E-state index in [0.717, 1.165) is 0 Å². The van der Waals surface area contributed by atoms with Crippen molar-refractivity contribution in [3.8, 4) is 11.3 Å². The number of rotatable bonds is 4. The molecule has 0 radical (unpaired) electrons. The van der Waals surface area contributed by atoms with Crippen LogP contribution in [-0.2, 0) is 10.0 Å². The Morgan fingerprint density at radius 3 is 2.15 bits per heavy atom. The maximum absolute atomic E-state index is 13.0. The average Bonchev–Trinajstić information content (AvgIpc) is 2.94. The van der Waals surface area contributed by atoms with Gasteiger partial charge in [0.2, 0.25) is 0 Å². The number of benzene rings is 2. The molecule has 0 spiro atoms. The predicted octanol–water partition coefficient (Wildman–Crippen LogP) is 3.37. The Bertz CT molecular complexity index is 1090. The van der Waals surface area contributed by atoms with E-state index in [1.807, 2.05) is 0 Å². The molecule has 0 saturated heterocycles. The van der Waals surface area contributed by atoms with Gasteiger partial charge in [0.05, 0.1) is 4.90 Å². The summed E-state index contributed by atoms with van der Waals surface area (Å²) in [5.41, 5.74) is 5.66. The zero-order chi connectivity index (χ0) is 19.1. The van der Waals surface area contributed by atoms with E-state index < -0.39 is 21.7 Å². The van der Waals surface area contributed by atoms with Crippen LogP contribution in [0.5, 0.6) is 0 Å². The van der Waals surface area contributed by atoms with Crippen LogP contribution in [0.15, 0.2) is 53.4 Å². The number of aromatic carboxylic acids is 1. The van der Waals surface area contributed by atoms with Gasteiger partial charge in [0.1, 0.15) is 10.7 Å². The zero-order valence-corrected chi connectivity index (χ0v) is 15.3. The molecule has 0 aliphatic heterocycles. The fraction of sp³-hybridized carbons (Fsp3) is 0. The number of halogens is 2.